The van der Waals surface area contributed by atoms with E-state index in [1.807, 2.05) is 0 Å². The number of anilines is 1. The molecule has 1 N–H and O–H groups in total. The van der Waals surface area contributed by atoms with Crippen LogP contribution in [0.25, 0.3) is 10.2 Å². The number of thiazole rings is 1. The molecular weight excluding hydrogens is 336 g/mol. The van der Waals surface area contributed by atoms with E-state index in [0.29, 0.717) is 23.7 Å². The van der Waals surface area contributed by atoms with Gasteiger partial charge in [0.15, 0.2) is 5.13 Å². The maximum atomic E-state index is 12.0. The van der Waals surface area contributed by atoms with Crippen molar-refractivity contribution in [2.75, 3.05) is 11.9 Å². The number of amides is 1. The van der Waals surface area contributed by atoms with Gasteiger partial charge in [0.1, 0.15) is 0 Å². The highest BCUT2D eigenvalue weighted by molar-refractivity contribution is 7.22. The summed E-state index contributed by atoms with van der Waals surface area (Å²) in [6.07, 6.45) is 6.66. The van der Waals surface area contributed by atoms with Gasteiger partial charge < -0.3 is 10.1 Å². The van der Waals surface area contributed by atoms with Crippen LogP contribution in [0, 0.1) is 0 Å². The number of esters is 1. The van der Waals surface area contributed by atoms with Crippen LogP contribution in [0.15, 0.2) is 18.2 Å². The summed E-state index contributed by atoms with van der Waals surface area (Å²) in [5, 5.41) is 3.43. The van der Waals surface area contributed by atoms with Crippen molar-refractivity contribution in [2.45, 2.75) is 58.8 Å². The number of hydrogen-bond acceptors (Lipinski definition) is 5. The number of benzene rings is 1. The number of ether oxygens (including phenoxy) is 1. The Labute approximate surface area is 152 Å². The van der Waals surface area contributed by atoms with E-state index in [0.717, 1.165) is 48.7 Å². The number of unbranched alkanes of at least 4 members (excludes halogenated alkanes) is 4. The normalized spacial score (nSPS) is 10.8. The third kappa shape index (κ3) is 6.12. The summed E-state index contributed by atoms with van der Waals surface area (Å²) in [5.74, 6) is -0.320. The summed E-state index contributed by atoms with van der Waals surface area (Å²) in [5.41, 5.74) is 1.29. The number of rotatable bonds is 10. The molecule has 0 unspecified atom stereocenters. The SMILES string of the molecule is CCCCCCC(=O)Nc1nc2ccc(C(=O)OCCCC)cc2s1. The summed E-state index contributed by atoms with van der Waals surface area (Å²) in [7, 11) is 0. The second kappa shape index (κ2) is 10.1. The van der Waals surface area contributed by atoms with Crippen molar-refractivity contribution in [3.8, 4) is 0 Å². The van der Waals surface area contributed by atoms with Crippen molar-refractivity contribution in [3.05, 3.63) is 23.8 Å². The lowest BCUT2D eigenvalue weighted by atomic mass is 10.1. The predicted octanol–water partition coefficient (Wildman–Crippen LogP) is 5.16. The Morgan fingerprint density at radius 3 is 2.68 bits per heavy atom. The van der Waals surface area contributed by atoms with E-state index in [1.54, 1.807) is 18.2 Å². The van der Waals surface area contributed by atoms with E-state index in [9.17, 15) is 9.59 Å². The van der Waals surface area contributed by atoms with Crippen LogP contribution >= 0.6 is 11.3 Å². The molecule has 6 heteroatoms. The van der Waals surface area contributed by atoms with Gasteiger partial charge in [-0.15, -0.1) is 0 Å². The molecular formula is C19H26N2O3S. The lowest BCUT2D eigenvalue weighted by molar-refractivity contribution is -0.116. The van der Waals surface area contributed by atoms with Crippen LogP contribution in [0.4, 0.5) is 5.13 Å². The quantitative estimate of drug-likeness (QED) is 0.468. The zero-order valence-corrected chi connectivity index (χ0v) is 15.8. The molecule has 0 spiro atoms. The minimum atomic E-state index is -0.315. The number of carbonyl (C=O) groups excluding carboxylic acids is 2. The summed E-state index contributed by atoms with van der Waals surface area (Å²) < 4.78 is 6.10. The lowest BCUT2D eigenvalue weighted by Gasteiger charge is -2.03. The average molecular weight is 362 g/mol. The molecule has 2 aromatic rings. The number of fused-ring (bicyclic) bond motifs is 1. The molecule has 0 fully saturated rings. The van der Waals surface area contributed by atoms with Gasteiger partial charge in [0.25, 0.3) is 0 Å². The van der Waals surface area contributed by atoms with E-state index in [1.165, 1.54) is 11.3 Å². The van der Waals surface area contributed by atoms with E-state index >= 15 is 0 Å². The molecule has 1 aromatic carbocycles. The zero-order valence-electron chi connectivity index (χ0n) is 15.0. The molecule has 2 rings (SSSR count). The Morgan fingerprint density at radius 2 is 1.92 bits per heavy atom. The van der Waals surface area contributed by atoms with Gasteiger partial charge in [-0.05, 0) is 31.0 Å². The van der Waals surface area contributed by atoms with Crippen LogP contribution in [0.5, 0.6) is 0 Å². The van der Waals surface area contributed by atoms with Crippen LogP contribution in [0.1, 0.15) is 69.2 Å². The molecule has 0 aliphatic heterocycles. The van der Waals surface area contributed by atoms with Crippen LogP contribution in [-0.4, -0.2) is 23.5 Å². The van der Waals surface area contributed by atoms with Crippen LogP contribution in [-0.2, 0) is 9.53 Å². The van der Waals surface area contributed by atoms with Gasteiger partial charge in [-0.2, -0.15) is 0 Å². The van der Waals surface area contributed by atoms with E-state index in [2.05, 4.69) is 24.1 Å². The molecule has 0 atom stereocenters. The second-order valence-electron chi connectivity index (χ2n) is 6.05. The first kappa shape index (κ1) is 19.4. The largest absolute Gasteiger partial charge is 0.462 e. The second-order valence-corrected chi connectivity index (χ2v) is 7.08. The fourth-order valence-corrected chi connectivity index (χ4v) is 3.31. The minimum absolute atomic E-state index is 0.00522. The third-order valence-corrected chi connectivity index (χ3v) is 4.79. The number of nitrogens with one attached hydrogen (secondary N) is 1. The fourth-order valence-electron chi connectivity index (χ4n) is 2.39. The summed E-state index contributed by atoms with van der Waals surface area (Å²) in [6, 6.07) is 5.28. The molecule has 1 aromatic heterocycles. The van der Waals surface area contributed by atoms with Crippen molar-refractivity contribution in [1.82, 2.24) is 4.98 Å². The van der Waals surface area contributed by atoms with Gasteiger partial charge in [0.05, 0.1) is 22.4 Å². The highest BCUT2D eigenvalue weighted by Crippen LogP contribution is 2.27. The van der Waals surface area contributed by atoms with Gasteiger partial charge in [0, 0.05) is 6.42 Å². The maximum Gasteiger partial charge on any atom is 0.338 e. The zero-order chi connectivity index (χ0) is 18.1. The first-order valence-corrected chi connectivity index (χ1v) is 9.83. The maximum absolute atomic E-state index is 12.0. The number of hydrogen-bond donors (Lipinski definition) is 1. The third-order valence-electron chi connectivity index (χ3n) is 3.86. The number of aromatic nitrogens is 1. The highest BCUT2D eigenvalue weighted by atomic mass is 32.1. The molecule has 136 valence electrons. The minimum Gasteiger partial charge on any atom is -0.462 e. The van der Waals surface area contributed by atoms with Crippen molar-refractivity contribution in [3.63, 3.8) is 0 Å². The average Bonchev–Trinajstić information content (AvgIpc) is 3.00. The first-order chi connectivity index (χ1) is 12.1. The Morgan fingerprint density at radius 1 is 1.12 bits per heavy atom. The summed E-state index contributed by atoms with van der Waals surface area (Å²) in [4.78, 5) is 28.4. The smallest absolute Gasteiger partial charge is 0.338 e. The Bertz CT molecular complexity index is 712. The molecule has 0 saturated heterocycles. The van der Waals surface area contributed by atoms with Gasteiger partial charge in [-0.3, -0.25) is 4.79 Å². The van der Waals surface area contributed by atoms with Gasteiger partial charge in [0.2, 0.25) is 5.91 Å². The molecule has 25 heavy (non-hydrogen) atoms. The summed E-state index contributed by atoms with van der Waals surface area (Å²) in [6.45, 7) is 4.64. The fraction of sp³-hybridized carbons (Fsp3) is 0.526. The Balaban J connectivity index is 1.95. The molecule has 0 saturated carbocycles. The molecule has 5 nitrogen and oxygen atoms in total. The van der Waals surface area contributed by atoms with Crippen LogP contribution in [0.2, 0.25) is 0 Å². The number of nitrogens with zero attached hydrogens (tertiary/aromatic N) is 1. The molecule has 0 radical (unpaired) electrons. The van der Waals surface area contributed by atoms with Crippen molar-refractivity contribution in [1.29, 1.82) is 0 Å². The molecule has 1 heterocycles. The highest BCUT2D eigenvalue weighted by Gasteiger charge is 2.12. The van der Waals surface area contributed by atoms with Gasteiger partial charge in [-0.1, -0.05) is 50.9 Å². The Hall–Kier alpha value is -1.95. The van der Waals surface area contributed by atoms with Crippen molar-refractivity contribution < 1.29 is 14.3 Å². The molecule has 0 bridgehead atoms. The monoisotopic (exact) mass is 362 g/mol. The van der Waals surface area contributed by atoms with Crippen LogP contribution in [0.3, 0.4) is 0 Å². The number of carbonyl (C=O) groups is 2. The first-order valence-electron chi connectivity index (χ1n) is 9.01. The molecule has 0 aliphatic rings. The van der Waals surface area contributed by atoms with E-state index in [-0.39, 0.29) is 11.9 Å². The van der Waals surface area contributed by atoms with Crippen LogP contribution < -0.4 is 5.32 Å². The van der Waals surface area contributed by atoms with Crippen molar-refractivity contribution >= 4 is 38.6 Å². The molecule has 1 amide bonds. The Kier molecular flexibility index (Phi) is 7.85. The van der Waals surface area contributed by atoms with E-state index in [4.69, 9.17) is 4.74 Å². The summed E-state index contributed by atoms with van der Waals surface area (Å²) >= 11 is 1.38. The standard InChI is InChI=1S/C19H26N2O3S/c1-3-5-7-8-9-17(22)21-19-20-15-11-10-14(13-16(15)25-19)18(23)24-12-6-4-2/h10-11,13H,3-9,12H2,1-2H3,(H,20,21,22). The predicted molar refractivity (Wildman–Crippen MR) is 102 cm³/mol. The molecule has 0 aliphatic carbocycles. The lowest BCUT2D eigenvalue weighted by Crippen LogP contribution is -2.10. The topological polar surface area (TPSA) is 68.3 Å². The van der Waals surface area contributed by atoms with Gasteiger partial charge >= 0.3 is 5.97 Å². The van der Waals surface area contributed by atoms with Crippen molar-refractivity contribution in [2.24, 2.45) is 0 Å². The van der Waals surface area contributed by atoms with E-state index < -0.39 is 0 Å². The van der Waals surface area contributed by atoms with Gasteiger partial charge in [-0.25, -0.2) is 9.78 Å².